The highest BCUT2D eigenvalue weighted by molar-refractivity contribution is 7.89. The van der Waals surface area contributed by atoms with Crippen LogP contribution in [0.3, 0.4) is 0 Å². The Hall–Kier alpha value is -1.41. The summed E-state index contributed by atoms with van der Waals surface area (Å²) in [4.78, 5) is 11.9. The lowest BCUT2D eigenvalue weighted by molar-refractivity contribution is 0.0696. The maximum atomic E-state index is 12.3. The van der Waals surface area contributed by atoms with Crippen molar-refractivity contribution in [1.29, 1.82) is 0 Å². The van der Waals surface area contributed by atoms with Crippen LogP contribution in [0.1, 0.15) is 20.8 Å². The molecule has 0 atom stereocenters. The van der Waals surface area contributed by atoms with Crippen LogP contribution in [0, 0.1) is 6.92 Å². The molecule has 0 saturated heterocycles. The molecule has 2 N–H and O–H groups in total. The van der Waals surface area contributed by atoms with Gasteiger partial charge in [-0.1, -0.05) is 17.7 Å². The Balaban J connectivity index is 2.37. The summed E-state index contributed by atoms with van der Waals surface area (Å²) in [5.74, 6) is -1.22. The maximum Gasteiger partial charge on any atom is 0.336 e. The van der Waals surface area contributed by atoms with Crippen LogP contribution in [0.5, 0.6) is 0 Å². The lowest BCUT2D eigenvalue weighted by atomic mass is 10.1. The van der Waals surface area contributed by atoms with Crippen molar-refractivity contribution in [3.63, 3.8) is 0 Å². The van der Waals surface area contributed by atoms with Crippen LogP contribution in [0.2, 0.25) is 5.02 Å². The van der Waals surface area contributed by atoms with Gasteiger partial charge in [-0.15, -0.1) is 11.3 Å². The van der Waals surface area contributed by atoms with Crippen LogP contribution in [0.4, 0.5) is 0 Å². The number of rotatable bonds is 5. The van der Waals surface area contributed by atoms with Crippen molar-refractivity contribution in [3.8, 4) is 0 Å². The van der Waals surface area contributed by atoms with Crippen molar-refractivity contribution >= 4 is 38.9 Å². The zero-order chi connectivity index (χ0) is 15.6. The number of aromatic carboxylic acids is 1. The van der Waals surface area contributed by atoms with Gasteiger partial charge in [0, 0.05) is 16.4 Å². The molecule has 1 aromatic heterocycles. The topological polar surface area (TPSA) is 83.5 Å². The molecule has 2 rings (SSSR count). The van der Waals surface area contributed by atoms with Crippen molar-refractivity contribution in [2.75, 3.05) is 0 Å². The molecule has 0 aliphatic rings. The molecule has 1 aromatic carbocycles. The van der Waals surface area contributed by atoms with Gasteiger partial charge in [0.25, 0.3) is 0 Å². The van der Waals surface area contributed by atoms with Gasteiger partial charge in [0.05, 0.1) is 10.5 Å². The lowest BCUT2D eigenvalue weighted by Gasteiger charge is -2.11. The first-order valence-electron chi connectivity index (χ1n) is 5.87. The standard InChI is InChI=1S/C13H12ClNO4S2/c1-8-11(13(16)17)5-9(14)6-12(8)21(18,19)15-7-10-3-2-4-20-10/h2-6,15H,7H2,1H3,(H,16,17). The zero-order valence-corrected chi connectivity index (χ0v) is 13.3. The van der Waals surface area contributed by atoms with Crippen LogP contribution < -0.4 is 4.72 Å². The van der Waals surface area contributed by atoms with E-state index in [1.807, 2.05) is 11.4 Å². The molecule has 112 valence electrons. The van der Waals surface area contributed by atoms with Gasteiger partial charge in [-0.2, -0.15) is 0 Å². The summed E-state index contributed by atoms with van der Waals surface area (Å²) < 4.78 is 27.1. The van der Waals surface area contributed by atoms with Gasteiger partial charge in [-0.25, -0.2) is 17.9 Å². The SMILES string of the molecule is Cc1c(C(=O)O)cc(Cl)cc1S(=O)(=O)NCc1cccs1. The number of halogens is 1. The van der Waals surface area contributed by atoms with Gasteiger partial charge in [0.2, 0.25) is 10.0 Å². The van der Waals surface area contributed by atoms with E-state index < -0.39 is 16.0 Å². The van der Waals surface area contributed by atoms with Crippen LogP contribution in [-0.2, 0) is 16.6 Å². The molecule has 21 heavy (non-hydrogen) atoms. The Morgan fingerprint density at radius 1 is 1.43 bits per heavy atom. The second-order valence-corrected chi connectivity index (χ2v) is 7.49. The highest BCUT2D eigenvalue weighted by atomic mass is 35.5. The minimum absolute atomic E-state index is 0.0644. The van der Waals surface area contributed by atoms with Gasteiger partial charge in [0.1, 0.15) is 0 Å². The summed E-state index contributed by atoms with van der Waals surface area (Å²) in [7, 11) is -3.84. The predicted octanol–water partition coefficient (Wildman–Crippen LogP) is 2.89. The van der Waals surface area contributed by atoms with Gasteiger partial charge in [-0.3, -0.25) is 0 Å². The Morgan fingerprint density at radius 2 is 2.14 bits per heavy atom. The largest absolute Gasteiger partial charge is 0.478 e. The fourth-order valence-electron chi connectivity index (χ4n) is 1.81. The van der Waals surface area contributed by atoms with E-state index in [1.54, 1.807) is 6.07 Å². The molecule has 0 fully saturated rings. The van der Waals surface area contributed by atoms with Crippen molar-refractivity contribution in [2.45, 2.75) is 18.4 Å². The summed E-state index contributed by atoms with van der Waals surface area (Å²) in [6, 6.07) is 6.11. The molecule has 2 aromatic rings. The fourth-order valence-corrected chi connectivity index (χ4v) is 4.13. The van der Waals surface area contributed by atoms with E-state index in [2.05, 4.69) is 4.72 Å². The minimum Gasteiger partial charge on any atom is -0.478 e. The van der Waals surface area contributed by atoms with E-state index >= 15 is 0 Å². The third kappa shape index (κ3) is 3.62. The molecule has 0 saturated carbocycles. The average molecular weight is 346 g/mol. The summed E-state index contributed by atoms with van der Waals surface area (Å²) in [6.45, 7) is 1.59. The first kappa shape index (κ1) is 16.0. The van der Waals surface area contributed by atoms with Gasteiger partial charge < -0.3 is 5.11 Å². The fraction of sp³-hybridized carbons (Fsp3) is 0.154. The van der Waals surface area contributed by atoms with Crippen LogP contribution in [-0.4, -0.2) is 19.5 Å². The van der Waals surface area contributed by atoms with E-state index in [1.165, 1.54) is 30.4 Å². The van der Waals surface area contributed by atoms with E-state index in [9.17, 15) is 13.2 Å². The number of carboxylic acids is 1. The Bertz CT molecular complexity index is 770. The molecule has 0 spiro atoms. The summed E-state index contributed by atoms with van der Waals surface area (Å²) in [6.07, 6.45) is 0. The van der Waals surface area contributed by atoms with E-state index in [-0.39, 0.29) is 27.6 Å². The number of hydrogen-bond donors (Lipinski definition) is 2. The molecule has 0 amide bonds. The quantitative estimate of drug-likeness (QED) is 0.872. The molecule has 0 aliphatic heterocycles. The highest BCUT2D eigenvalue weighted by Gasteiger charge is 2.22. The molecule has 8 heteroatoms. The molecular weight excluding hydrogens is 334 g/mol. The number of carbonyl (C=O) groups is 1. The number of nitrogens with one attached hydrogen (secondary N) is 1. The Kier molecular flexibility index (Phi) is 4.67. The van der Waals surface area contributed by atoms with Crippen molar-refractivity contribution in [1.82, 2.24) is 4.72 Å². The van der Waals surface area contributed by atoms with Crippen molar-refractivity contribution in [3.05, 3.63) is 50.7 Å². The lowest BCUT2D eigenvalue weighted by Crippen LogP contribution is -2.24. The Morgan fingerprint density at radius 3 is 2.71 bits per heavy atom. The molecule has 0 aliphatic carbocycles. The van der Waals surface area contributed by atoms with Crippen molar-refractivity contribution in [2.24, 2.45) is 0 Å². The molecule has 0 radical (unpaired) electrons. The summed E-state index contributed by atoms with van der Waals surface area (Å²) in [5, 5.41) is 11.0. The first-order chi connectivity index (χ1) is 9.81. The molecule has 5 nitrogen and oxygen atoms in total. The second-order valence-electron chi connectivity index (χ2n) is 4.29. The summed E-state index contributed by atoms with van der Waals surface area (Å²) >= 11 is 7.25. The average Bonchev–Trinajstić information content (AvgIpc) is 2.91. The normalized spacial score (nSPS) is 11.5. The smallest absolute Gasteiger partial charge is 0.336 e. The minimum atomic E-state index is -3.84. The number of thiophene rings is 1. The van der Waals surface area contributed by atoms with Gasteiger partial charge >= 0.3 is 5.97 Å². The predicted molar refractivity (Wildman–Crippen MR) is 81.5 cm³/mol. The van der Waals surface area contributed by atoms with E-state index in [0.717, 1.165) is 4.88 Å². The number of benzene rings is 1. The third-order valence-corrected chi connectivity index (χ3v) is 5.48. The second kappa shape index (κ2) is 6.15. The first-order valence-corrected chi connectivity index (χ1v) is 8.61. The van der Waals surface area contributed by atoms with Gasteiger partial charge in [0.15, 0.2) is 0 Å². The highest BCUT2D eigenvalue weighted by Crippen LogP contribution is 2.25. The molecule has 1 heterocycles. The van der Waals surface area contributed by atoms with E-state index in [4.69, 9.17) is 16.7 Å². The monoisotopic (exact) mass is 345 g/mol. The number of sulfonamides is 1. The van der Waals surface area contributed by atoms with Crippen molar-refractivity contribution < 1.29 is 18.3 Å². The maximum absolute atomic E-state index is 12.3. The third-order valence-electron chi connectivity index (χ3n) is 2.86. The van der Waals surface area contributed by atoms with E-state index in [0.29, 0.717) is 0 Å². The van der Waals surface area contributed by atoms with Crippen LogP contribution in [0.15, 0.2) is 34.5 Å². The molecular formula is C13H12ClNO4S2. The Labute approximate surface area is 131 Å². The zero-order valence-electron chi connectivity index (χ0n) is 11.0. The van der Waals surface area contributed by atoms with Crippen LogP contribution in [0.25, 0.3) is 0 Å². The van der Waals surface area contributed by atoms with Gasteiger partial charge in [-0.05, 0) is 36.1 Å². The molecule has 0 bridgehead atoms. The molecule has 0 unspecified atom stereocenters. The number of carboxylic acid groups (broad SMARTS) is 1. The summed E-state index contributed by atoms with van der Waals surface area (Å²) in [5.41, 5.74) is 0.0320. The number of hydrogen-bond acceptors (Lipinski definition) is 4. The van der Waals surface area contributed by atoms with Crippen LogP contribution >= 0.6 is 22.9 Å².